The second-order valence-electron chi connectivity index (χ2n) is 6.01. The fraction of sp³-hybridized carbons (Fsp3) is 0.278. The molecule has 7 heteroatoms. The van der Waals surface area contributed by atoms with Crippen LogP contribution in [0.2, 0.25) is 0 Å². The summed E-state index contributed by atoms with van der Waals surface area (Å²) in [7, 11) is -3.56. The minimum Gasteiger partial charge on any atom is -0.326 e. The fourth-order valence-corrected chi connectivity index (χ4v) is 4.87. The van der Waals surface area contributed by atoms with E-state index in [0.29, 0.717) is 25.1 Å². The van der Waals surface area contributed by atoms with E-state index in [0.717, 1.165) is 4.47 Å². The van der Waals surface area contributed by atoms with Gasteiger partial charge in [-0.3, -0.25) is 4.79 Å². The Kier molecular flexibility index (Phi) is 5.56. The number of amides is 1. The molecule has 0 saturated carbocycles. The molecule has 0 aliphatic carbocycles. The summed E-state index contributed by atoms with van der Waals surface area (Å²) in [5.41, 5.74) is 0.697. The summed E-state index contributed by atoms with van der Waals surface area (Å²) in [6.45, 7) is 0.648. The first-order valence-corrected chi connectivity index (χ1v) is 10.3. The molecule has 0 aromatic heterocycles. The van der Waals surface area contributed by atoms with Gasteiger partial charge < -0.3 is 5.32 Å². The van der Waals surface area contributed by atoms with Crippen molar-refractivity contribution in [3.8, 4) is 0 Å². The third-order valence-electron chi connectivity index (χ3n) is 4.23. The van der Waals surface area contributed by atoms with E-state index in [-0.39, 0.29) is 23.3 Å². The Balaban J connectivity index is 1.71. The number of sulfonamides is 1. The van der Waals surface area contributed by atoms with Crippen molar-refractivity contribution in [1.29, 1.82) is 0 Å². The largest absolute Gasteiger partial charge is 0.326 e. The molecule has 25 heavy (non-hydrogen) atoms. The lowest BCUT2D eigenvalue weighted by Gasteiger charge is -2.31. The lowest BCUT2D eigenvalue weighted by Crippen LogP contribution is -2.43. The SMILES string of the molecule is O=C(Nc1cccc(Br)c1)[C@H]1CCCN(S(=O)(=O)c2ccccc2)C1. The second-order valence-corrected chi connectivity index (χ2v) is 8.87. The molecule has 1 saturated heterocycles. The van der Waals surface area contributed by atoms with Crippen molar-refractivity contribution in [2.24, 2.45) is 5.92 Å². The monoisotopic (exact) mass is 422 g/mol. The molecule has 1 aliphatic rings. The predicted molar refractivity (Wildman–Crippen MR) is 101 cm³/mol. The molecule has 1 fully saturated rings. The van der Waals surface area contributed by atoms with Gasteiger partial charge in [0.05, 0.1) is 10.8 Å². The van der Waals surface area contributed by atoms with Crippen molar-refractivity contribution in [2.45, 2.75) is 17.7 Å². The first kappa shape index (κ1) is 18.1. The molecule has 0 unspecified atom stereocenters. The summed E-state index contributed by atoms with van der Waals surface area (Å²) in [4.78, 5) is 12.8. The number of nitrogens with one attached hydrogen (secondary N) is 1. The highest BCUT2D eigenvalue weighted by molar-refractivity contribution is 9.10. The number of piperidine rings is 1. The van der Waals surface area contributed by atoms with Crippen molar-refractivity contribution >= 4 is 37.5 Å². The Hall–Kier alpha value is -1.70. The standard InChI is InChI=1S/C18H19BrN2O3S/c19-15-7-4-8-16(12-15)20-18(22)14-6-5-11-21(13-14)25(23,24)17-9-2-1-3-10-17/h1-4,7-10,12,14H,5-6,11,13H2,(H,20,22)/t14-/m0/s1. The van der Waals surface area contributed by atoms with Crippen molar-refractivity contribution in [1.82, 2.24) is 4.31 Å². The van der Waals surface area contributed by atoms with Crippen LogP contribution in [0.4, 0.5) is 5.69 Å². The number of rotatable bonds is 4. The molecule has 2 aromatic carbocycles. The molecule has 1 aliphatic heterocycles. The van der Waals surface area contributed by atoms with E-state index in [1.807, 2.05) is 24.3 Å². The van der Waals surface area contributed by atoms with E-state index in [2.05, 4.69) is 21.2 Å². The van der Waals surface area contributed by atoms with Gasteiger partial charge in [-0.25, -0.2) is 8.42 Å². The Bertz CT molecular complexity index is 856. The van der Waals surface area contributed by atoms with Gasteiger partial charge in [0.15, 0.2) is 0 Å². The van der Waals surface area contributed by atoms with Crippen LogP contribution in [0.15, 0.2) is 64.0 Å². The lowest BCUT2D eigenvalue weighted by atomic mass is 9.99. The van der Waals surface area contributed by atoms with Gasteiger partial charge in [-0.1, -0.05) is 40.2 Å². The van der Waals surface area contributed by atoms with Crippen LogP contribution >= 0.6 is 15.9 Å². The highest BCUT2D eigenvalue weighted by Crippen LogP contribution is 2.25. The van der Waals surface area contributed by atoms with E-state index in [1.54, 1.807) is 30.3 Å². The quantitative estimate of drug-likeness (QED) is 0.819. The molecule has 1 amide bonds. The molecule has 5 nitrogen and oxygen atoms in total. The van der Waals surface area contributed by atoms with Gasteiger partial charge >= 0.3 is 0 Å². The van der Waals surface area contributed by atoms with Crippen LogP contribution < -0.4 is 5.32 Å². The number of anilines is 1. The Labute approximate surface area is 156 Å². The molecule has 132 valence electrons. The average Bonchev–Trinajstić information content (AvgIpc) is 2.62. The van der Waals surface area contributed by atoms with E-state index in [4.69, 9.17) is 0 Å². The van der Waals surface area contributed by atoms with Crippen LogP contribution in [0.1, 0.15) is 12.8 Å². The van der Waals surface area contributed by atoms with Gasteiger partial charge in [-0.2, -0.15) is 4.31 Å². The molecule has 0 radical (unpaired) electrons. The maximum Gasteiger partial charge on any atom is 0.243 e. The van der Waals surface area contributed by atoms with Crippen molar-refractivity contribution in [2.75, 3.05) is 18.4 Å². The highest BCUT2D eigenvalue weighted by atomic mass is 79.9. The van der Waals surface area contributed by atoms with Gasteiger partial charge in [-0.15, -0.1) is 0 Å². The van der Waals surface area contributed by atoms with Crippen LogP contribution in [-0.4, -0.2) is 31.7 Å². The van der Waals surface area contributed by atoms with E-state index in [1.165, 1.54) is 4.31 Å². The van der Waals surface area contributed by atoms with Crippen LogP contribution in [0, 0.1) is 5.92 Å². The number of hydrogen-bond donors (Lipinski definition) is 1. The zero-order valence-corrected chi connectivity index (χ0v) is 16.0. The molecule has 3 rings (SSSR count). The summed E-state index contributed by atoms with van der Waals surface area (Å²) in [6, 6.07) is 15.7. The zero-order valence-electron chi connectivity index (χ0n) is 13.6. The minimum atomic E-state index is -3.56. The lowest BCUT2D eigenvalue weighted by molar-refractivity contribution is -0.120. The Morgan fingerprint density at radius 1 is 1.12 bits per heavy atom. The summed E-state index contributed by atoms with van der Waals surface area (Å²) in [6.07, 6.45) is 1.35. The molecular formula is C18H19BrN2O3S. The molecule has 1 heterocycles. The van der Waals surface area contributed by atoms with E-state index >= 15 is 0 Å². The van der Waals surface area contributed by atoms with Crippen LogP contribution in [0.3, 0.4) is 0 Å². The van der Waals surface area contributed by atoms with Gasteiger partial charge in [0.25, 0.3) is 0 Å². The number of benzene rings is 2. The maximum absolute atomic E-state index is 12.7. The smallest absolute Gasteiger partial charge is 0.243 e. The van der Waals surface area contributed by atoms with Crippen LogP contribution in [0.25, 0.3) is 0 Å². The second kappa shape index (κ2) is 7.68. The van der Waals surface area contributed by atoms with Crippen molar-refractivity contribution in [3.63, 3.8) is 0 Å². The number of halogens is 1. The summed E-state index contributed by atoms with van der Waals surface area (Å²) < 4.78 is 27.8. The number of nitrogens with zero attached hydrogens (tertiary/aromatic N) is 1. The number of hydrogen-bond acceptors (Lipinski definition) is 3. The molecular weight excluding hydrogens is 404 g/mol. The van der Waals surface area contributed by atoms with Gasteiger partial charge in [0.2, 0.25) is 15.9 Å². The summed E-state index contributed by atoms with van der Waals surface area (Å²) in [5, 5.41) is 2.87. The topological polar surface area (TPSA) is 66.5 Å². The average molecular weight is 423 g/mol. The highest BCUT2D eigenvalue weighted by Gasteiger charge is 2.33. The number of carbonyl (C=O) groups is 1. The molecule has 0 spiro atoms. The van der Waals surface area contributed by atoms with Gasteiger partial charge in [-0.05, 0) is 43.2 Å². The molecule has 2 aromatic rings. The van der Waals surface area contributed by atoms with Crippen LogP contribution in [-0.2, 0) is 14.8 Å². The first-order valence-electron chi connectivity index (χ1n) is 8.08. The molecule has 1 atom stereocenters. The third kappa shape index (κ3) is 4.29. The van der Waals surface area contributed by atoms with Crippen LogP contribution in [0.5, 0.6) is 0 Å². The molecule has 1 N–H and O–H groups in total. The summed E-state index contributed by atoms with van der Waals surface area (Å²) in [5.74, 6) is -0.503. The normalized spacial score (nSPS) is 18.7. The summed E-state index contributed by atoms with van der Waals surface area (Å²) >= 11 is 3.37. The van der Waals surface area contributed by atoms with Crippen molar-refractivity contribution < 1.29 is 13.2 Å². The zero-order chi connectivity index (χ0) is 17.9. The van der Waals surface area contributed by atoms with Gasteiger partial charge in [0.1, 0.15) is 0 Å². The fourth-order valence-electron chi connectivity index (χ4n) is 2.93. The molecule has 0 bridgehead atoms. The van der Waals surface area contributed by atoms with Crippen molar-refractivity contribution in [3.05, 3.63) is 59.1 Å². The number of carbonyl (C=O) groups excluding carboxylic acids is 1. The van der Waals surface area contributed by atoms with E-state index in [9.17, 15) is 13.2 Å². The predicted octanol–water partition coefficient (Wildman–Crippen LogP) is 3.49. The first-order chi connectivity index (χ1) is 12.0. The minimum absolute atomic E-state index is 0.147. The van der Waals surface area contributed by atoms with E-state index < -0.39 is 10.0 Å². The maximum atomic E-state index is 12.7. The Morgan fingerprint density at radius 3 is 2.60 bits per heavy atom. The Morgan fingerprint density at radius 2 is 1.88 bits per heavy atom. The van der Waals surface area contributed by atoms with Gasteiger partial charge in [0, 0.05) is 23.2 Å². The third-order valence-corrected chi connectivity index (χ3v) is 6.60.